The van der Waals surface area contributed by atoms with Crippen molar-refractivity contribution in [3.05, 3.63) is 74.8 Å². The van der Waals surface area contributed by atoms with Crippen LogP contribution in [0.25, 0.3) is 0 Å². The van der Waals surface area contributed by atoms with Crippen LogP contribution in [0.5, 0.6) is 0 Å². The molecule has 0 saturated heterocycles. The fourth-order valence-corrected chi connectivity index (χ4v) is 1.93. The molecule has 2 aromatic rings. The molecule has 0 aliphatic rings. The molecule has 0 atom stereocenters. The van der Waals surface area contributed by atoms with Crippen molar-refractivity contribution in [2.24, 2.45) is 0 Å². The molecule has 0 aliphatic heterocycles. The van der Waals surface area contributed by atoms with Crippen LogP contribution in [0.3, 0.4) is 0 Å². The van der Waals surface area contributed by atoms with Crippen LogP contribution in [0.4, 0.5) is 5.69 Å². The summed E-state index contributed by atoms with van der Waals surface area (Å²) < 4.78 is 5.10. The summed E-state index contributed by atoms with van der Waals surface area (Å²) >= 11 is 5.93. The van der Waals surface area contributed by atoms with E-state index < -0.39 is 10.9 Å². The summed E-state index contributed by atoms with van der Waals surface area (Å²) in [4.78, 5) is 21.9. The van der Waals surface area contributed by atoms with Crippen molar-refractivity contribution >= 4 is 23.3 Å². The van der Waals surface area contributed by atoms with Crippen molar-refractivity contribution in [3.63, 3.8) is 0 Å². The minimum atomic E-state index is -0.522. The second-order valence-corrected chi connectivity index (χ2v) is 4.76. The number of hydrogen-bond donors (Lipinski definition) is 0. The number of esters is 1. The van der Waals surface area contributed by atoms with E-state index in [1.54, 1.807) is 0 Å². The minimum absolute atomic E-state index is 0.0893. The van der Waals surface area contributed by atoms with Crippen molar-refractivity contribution in [1.82, 2.24) is 0 Å². The number of nitro benzene ring substituents is 1. The number of hydrogen-bond acceptors (Lipinski definition) is 4. The number of rotatable bonds is 5. The van der Waals surface area contributed by atoms with Crippen molar-refractivity contribution in [3.8, 4) is 0 Å². The summed E-state index contributed by atoms with van der Waals surface area (Å²) in [6.07, 6.45) is 0.146. The number of halogens is 1. The third kappa shape index (κ3) is 4.29. The molecule has 0 unspecified atom stereocenters. The van der Waals surface area contributed by atoms with Gasteiger partial charge in [0.05, 0.1) is 11.3 Å². The predicted molar refractivity (Wildman–Crippen MR) is 78.0 cm³/mol. The summed E-state index contributed by atoms with van der Waals surface area (Å²) in [7, 11) is 0. The number of carbonyl (C=O) groups excluding carboxylic acids is 1. The van der Waals surface area contributed by atoms with Gasteiger partial charge in [-0.25, -0.2) is 0 Å². The SMILES string of the molecule is O=C(Cc1ccccc1)OCc1cc([N+](=O)[O-])ccc1Cl. The second kappa shape index (κ2) is 6.85. The summed E-state index contributed by atoms with van der Waals surface area (Å²) in [6.45, 7) is -0.0911. The Morgan fingerprint density at radius 3 is 2.57 bits per heavy atom. The fraction of sp³-hybridized carbons (Fsp3) is 0.133. The van der Waals surface area contributed by atoms with E-state index in [1.807, 2.05) is 30.3 Å². The molecule has 0 spiro atoms. The Morgan fingerprint density at radius 2 is 1.90 bits per heavy atom. The van der Waals surface area contributed by atoms with E-state index in [-0.39, 0.29) is 18.7 Å². The second-order valence-electron chi connectivity index (χ2n) is 4.36. The first-order valence-electron chi connectivity index (χ1n) is 6.18. The minimum Gasteiger partial charge on any atom is -0.460 e. The van der Waals surface area contributed by atoms with Crippen molar-refractivity contribution < 1.29 is 14.5 Å². The maximum Gasteiger partial charge on any atom is 0.310 e. The van der Waals surface area contributed by atoms with E-state index in [2.05, 4.69) is 0 Å². The first-order valence-corrected chi connectivity index (χ1v) is 6.56. The molecule has 0 radical (unpaired) electrons. The molecule has 0 heterocycles. The molecule has 2 aromatic carbocycles. The quantitative estimate of drug-likeness (QED) is 0.481. The maximum absolute atomic E-state index is 11.7. The molecule has 0 saturated carbocycles. The number of nitro groups is 1. The van der Waals surface area contributed by atoms with Crippen LogP contribution >= 0.6 is 11.6 Å². The Kier molecular flexibility index (Phi) is 4.90. The van der Waals surface area contributed by atoms with E-state index in [1.165, 1.54) is 18.2 Å². The van der Waals surface area contributed by atoms with Crippen LogP contribution in [-0.4, -0.2) is 10.9 Å². The molecular weight excluding hydrogens is 294 g/mol. The first kappa shape index (κ1) is 15.0. The van der Waals surface area contributed by atoms with Crippen molar-refractivity contribution in [1.29, 1.82) is 0 Å². The Labute approximate surface area is 126 Å². The fourth-order valence-electron chi connectivity index (χ4n) is 1.76. The summed E-state index contributed by atoms with van der Waals surface area (Å²) in [6, 6.07) is 13.2. The van der Waals surface area contributed by atoms with Gasteiger partial charge in [0.2, 0.25) is 0 Å². The highest BCUT2D eigenvalue weighted by atomic mass is 35.5. The Morgan fingerprint density at radius 1 is 1.19 bits per heavy atom. The molecule has 6 heteroatoms. The molecular formula is C15H12ClNO4. The third-order valence-corrected chi connectivity index (χ3v) is 3.19. The van der Waals surface area contributed by atoms with E-state index in [0.29, 0.717) is 10.6 Å². The first-order chi connectivity index (χ1) is 10.1. The lowest BCUT2D eigenvalue weighted by Gasteiger charge is -2.06. The highest BCUT2D eigenvalue weighted by Crippen LogP contribution is 2.22. The Bertz CT molecular complexity index is 658. The summed E-state index contributed by atoms with van der Waals surface area (Å²) in [5, 5.41) is 11.0. The molecule has 21 heavy (non-hydrogen) atoms. The van der Waals surface area contributed by atoms with Gasteiger partial charge in [-0.3, -0.25) is 14.9 Å². The Balaban J connectivity index is 1.98. The van der Waals surface area contributed by atoms with Gasteiger partial charge < -0.3 is 4.74 Å². The zero-order chi connectivity index (χ0) is 15.2. The average Bonchev–Trinajstić information content (AvgIpc) is 2.47. The van der Waals surface area contributed by atoms with E-state index in [9.17, 15) is 14.9 Å². The standard InChI is InChI=1S/C15H12ClNO4/c16-14-7-6-13(17(19)20)9-12(14)10-21-15(18)8-11-4-2-1-3-5-11/h1-7,9H,8,10H2. The lowest BCUT2D eigenvalue weighted by Crippen LogP contribution is -2.08. The Hall–Kier alpha value is -2.40. The summed E-state index contributed by atoms with van der Waals surface area (Å²) in [5.74, 6) is -0.413. The van der Waals surface area contributed by atoms with Gasteiger partial charge in [0.25, 0.3) is 5.69 Å². The van der Waals surface area contributed by atoms with Crippen molar-refractivity contribution in [2.45, 2.75) is 13.0 Å². The molecule has 108 valence electrons. The molecule has 0 N–H and O–H groups in total. The van der Waals surface area contributed by atoms with Crippen LogP contribution in [0.15, 0.2) is 48.5 Å². The number of non-ortho nitro benzene ring substituents is 1. The zero-order valence-corrected chi connectivity index (χ0v) is 11.7. The van der Waals surface area contributed by atoms with Gasteiger partial charge in [0, 0.05) is 22.7 Å². The molecule has 0 amide bonds. The molecule has 5 nitrogen and oxygen atoms in total. The summed E-state index contributed by atoms with van der Waals surface area (Å²) in [5.41, 5.74) is 1.16. The number of nitrogens with zero attached hydrogens (tertiary/aromatic N) is 1. The van der Waals surface area contributed by atoms with Gasteiger partial charge >= 0.3 is 5.97 Å². The lowest BCUT2D eigenvalue weighted by atomic mass is 10.1. The largest absolute Gasteiger partial charge is 0.460 e. The van der Waals surface area contributed by atoms with Crippen LogP contribution in [-0.2, 0) is 22.6 Å². The van der Waals surface area contributed by atoms with Gasteiger partial charge in [-0.15, -0.1) is 0 Å². The molecule has 0 fully saturated rings. The van der Waals surface area contributed by atoms with Crippen LogP contribution < -0.4 is 0 Å². The monoisotopic (exact) mass is 305 g/mol. The number of ether oxygens (including phenoxy) is 1. The topological polar surface area (TPSA) is 69.4 Å². The number of carbonyl (C=O) groups is 1. The zero-order valence-electron chi connectivity index (χ0n) is 11.0. The van der Waals surface area contributed by atoms with Crippen molar-refractivity contribution in [2.75, 3.05) is 0 Å². The van der Waals surface area contributed by atoms with Gasteiger partial charge in [-0.05, 0) is 11.6 Å². The van der Waals surface area contributed by atoms with E-state index >= 15 is 0 Å². The molecule has 0 aliphatic carbocycles. The van der Waals surface area contributed by atoms with E-state index in [4.69, 9.17) is 16.3 Å². The van der Waals surface area contributed by atoms with Gasteiger partial charge in [-0.1, -0.05) is 41.9 Å². The van der Waals surface area contributed by atoms with Crippen LogP contribution in [0.2, 0.25) is 5.02 Å². The van der Waals surface area contributed by atoms with Gasteiger partial charge in [0.15, 0.2) is 0 Å². The normalized spacial score (nSPS) is 10.1. The van der Waals surface area contributed by atoms with Crippen LogP contribution in [0.1, 0.15) is 11.1 Å². The number of benzene rings is 2. The molecule has 0 aromatic heterocycles. The van der Waals surface area contributed by atoms with Gasteiger partial charge in [0.1, 0.15) is 6.61 Å². The highest BCUT2D eigenvalue weighted by molar-refractivity contribution is 6.31. The maximum atomic E-state index is 11.7. The van der Waals surface area contributed by atoms with E-state index in [0.717, 1.165) is 5.56 Å². The lowest BCUT2D eigenvalue weighted by molar-refractivity contribution is -0.384. The predicted octanol–water partition coefficient (Wildman–Crippen LogP) is 3.53. The third-order valence-electron chi connectivity index (χ3n) is 2.82. The van der Waals surface area contributed by atoms with Gasteiger partial charge in [-0.2, -0.15) is 0 Å². The molecule has 2 rings (SSSR count). The average molecular weight is 306 g/mol. The smallest absolute Gasteiger partial charge is 0.310 e. The molecule has 0 bridgehead atoms. The van der Waals surface area contributed by atoms with Crippen LogP contribution in [0, 0.1) is 10.1 Å². The highest BCUT2D eigenvalue weighted by Gasteiger charge is 2.12.